The van der Waals surface area contributed by atoms with Crippen molar-refractivity contribution in [3.63, 3.8) is 0 Å². The molecule has 22 heavy (non-hydrogen) atoms. The number of nitrogens with zero attached hydrogens (tertiary/aromatic N) is 3. The average Bonchev–Trinajstić information content (AvgIpc) is 3.04. The van der Waals surface area contributed by atoms with Gasteiger partial charge in [0, 0.05) is 13.1 Å². The Morgan fingerprint density at radius 1 is 1.45 bits per heavy atom. The first-order chi connectivity index (χ1) is 10.3. The van der Waals surface area contributed by atoms with Crippen molar-refractivity contribution in [2.24, 2.45) is 0 Å². The summed E-state index contributed by atoms with van der Waals surface area (Å²) in [7, 11) is -1.30. The van der Waals surface area contributed by atoms with Crippen LogP contribution in [0.2, 0.25) is 0 Å². The van der Waals surface area contributed by atoms with Crippen LogP contribution in [0.5, 0.6) is 0 Å². The van der Waals surface area contributed by atoms with Gasteiger partial charge < -0.3 is 4.90 Å². The zero-order valence-corrected chi connectivity index (χ0v) is 15.9. The minimum atomic E-state index is -2.99. The highest BCUT2D eigenvalue weighted by Crippen LogP contribution is 2.32. The Balaban J connectivity index is 1.93. The molecule has 0 unspecified atom stereocenters. The molecule has 2 rings (SSSR count). The molecule has 1 aromatic rings. The molecule has 0 spiro atoms. The number of aromatic nitrogens is 2. The quantitative estimate of drug-likeness (QED) is 0.695. The lowest BCUT2D eigenvalue weighted by Crippen LogP contribution is -2.41. The van der Waals surface area contributed by atoms with Gasteiger partial charge in [0.05, 0.1) is 16.8 Å². The largest absolute Gasteiger partial charge is 0.341 e. The van der Waals surface area contributed by atoms with Gasteiger partial charge in [0.15, 0.2) is 18.5 Å². The van der Waals surface area contributed by atoms with Crippen molar-refractivity contribution in [2.75, 3.05) is 24.3 Å². The van der Waals surface area contributed by atoms with Crippen LogP contribution in [0, 0.1) is 0 Å². The summed E-state index contributed by atoms with van der Waals surface area (Å²) >= 11 is 4.49. The van der Waals surface area contributed by atoms with E-state index in [1.54, 1.807) is 23.7 Å². The maximum Gasteiger partial charge on any atom is 0.235 e. The van der Waals surface area contributed by atoms with E-state index < -0.39 is 9.84 Å². The molecule has 1 amide bonds. The van der Waals surface area contributed by atoms with Crippen molar-refractivity contribution < 1.29 is 13.2 Å². The molecule has 2 atom stereocenters. The van der Waals surface area contributed by atoms with Gasteiger partial charge in [-0.3, -0.25) is 4.79 Å². The lowest BCUT2D eigenvalue weighted by Gasteiger charge is -2.25. The van der Waals surface area contributed by atoms with Crippen molar-refractivity contribution in [3.8, 4) is 0 Å². The van der Waals surface area contributed by atoms with E-state index in [0.717, 1.165) is 14.4 Å². The van der Waals surface area contributed by atoms with Crippen molar-refractivity contribution in [1.82, 2.24) is 15.1 Å². The van der Waals surface area contributed by atoms with E-state index in [1.807, 2.05) is 6.92 Å². The number of thioether (sulfide) groups is 2. The number of rotatable bonds is 6. The van der Waals surface area contributed by atoms with Gasteiger partial charge in [-0.1, -0.05) is 41.8 Å². The number of sulfone groups is 1. The van der Waals surface area contributed by atoms with E-state index in [-0.39, 0.29) is 28.7 Å². The van der Waals surface area contributed by atoms with Crippen LogP contribution in [-0.2, 0) is 14.6 Å². The Hall–Kier alpha value is -0.320. The second kappa shape index (κ2) is 7.50. The molecule has 1 aliphatic rings. The molecule has 10 heteroatoms. The number of carbonyl (C=O) groups is 1. The lowest BCUT2D eigenvalue weighted by molar-refractivity contribution is -0.130. The topological polar surface area (TPSA) is 80.2 Å². The van der Waals surface area contributed by atoms with Crippen LogP contribution in [0.15, 0.2) is 8.68 Å². The molecule has 1 aliphatic heterocycles. The van der Waals surface area contributed by atoms with Gasteiger partial charge in [0.1, 0.15) is 0 Å². The fraction of sp³-hybridized carbons (Fsp3) is 0.750. The first-order valence-electron chi connectivity index (χ1n) is 6.92. The number of carbonyl (C=O) groups excluding carboxylic acids is 1. The number of hydrogen-bond acceptors (Lipinski definition) is 8. The standard InChI is InChI=1S/C12H19N3O3S4/c1-4-19-11-13-14-12(21-11)20-8(2)10(16)15(3)9-5-6-22(17,18)7-9/h8-9H,4-7H2,1-3H3/t8-,9-/m0/s1. The normalized spacial score (nSPS) is 21.7. The molecule has 1 fully saturated rings. The van der Waals surface area contributed by atoms with E-state index in [4.69, 9.17) is 0 Å². The van der Waals surface area contributed by atoms with Crippen molar-refractivity contribution >= 4 is 50.6 Å². The highest BCUT2D eigenvalue weighted by atomic mass is 32.2. The third-order valence-corrected chi connectivity index (χ3v) is 8.25. The summed E-state index contributed by atoms with van der Waals surface area (Å²) in [5.74, 6) is 1.12. The van der Waals surface area contributed by atoms with E-state index in [0.29, 0.717) is 6.42 Å². The summed E-state index contributed by atoms with van der Waals surface area (Å²) < 4.78 is 24.7. The molecule has 1 saturated heterocycles. The van der Waals surface area contributed by atoms with Gasteiger partial charge in [0.2, 0.25) is 5.91 Å². The van der Waals surface area contributed by atoms with Crippen LogP contribution in [0.1, 0.15) is 20.3 Å². The second-order valence-electron chi connectivity index (χ2n) is 5.03. The third-order valence-electron chi connectivity index (χ3n) is 3.38. The fourth-order valence-electron chi connectivity index (χ4n) is 2.18. The SMILES string of the molecule is CCSc1nnc(S[C@@H](C)C(=O)N(C)[C@H]2CCS(=O)(=O)C2)s1. The van der Waals surface area contributed by atoms with Crippen molar-refractivity contribution in [3.05, 3.63) is 0 Å². The number of amides is 1. The zero-order chi connectivity index (χ0) is 16.3. The molecule has 0 N–H and O–H groups in total. The summed E-state index contributed by atoms with van der Waals surface area (Å²) in [5.41, 5.74) is 0. The van der Waals surface area contributed by atoms with Gasteiger partial charge in [-0.05, 0) is 19.1 Å². The Kier molecular flexibility index (Phi) is 6.14. The minimum Gasteiger partial charge on any atom is -0.341 e. The molecule has 1 aromatic heterocycles. The molecular weight excluding hydrogens is 362 g/mol. The maximum atomic E-state index is 12.4. The smallest absolute Gasteiger partial charge is 0.235 e. The Morgan fingerprint density at radius 2 is 2.14 bits per heavy atom. The van der Waals surface area contributed by atoms with Crippen LogP contribution in [-0.4, -0.2) is 65.0 Å². The van der Waals surface area contributed by atoms with E-state index >= 15 is 0 Å². The maximum absolute atomic E-state index is 12.4. The lowest BCUT2D eigenvalue weighted by atomic mass is 10.2. The van der Waals surface area contributed by atoms with Crippen molar-refractivity contribution in [2.45, 2.75) is 40.2 Å². The Bertz CT molecular complexity index is 631. The second-order valence-corrected chi connectivity index (χ2v) is 11.3. The monoisotopic (exact) mass is 381 g/mol. The predicted octanol–water partition coefficient (Wildman–Crippen LogP) is 1.78. The van der Waals surface area contributed by atoms with Gasteiger partial charge in [-0.25, -0.2) is 8.42 Å². The Morgan fingerprint density at radius 3 is 2.73 bits per heavy atom. The summed E-state index contributed by atoms with van der Waals surface area (Å²) in [4.78, 5) is 14.0. The summed E-state index contributed by atoms with van der Waals surface area (Å²) in [6, 6.07) is -0.207. The summed E-state index contributed by atoms with van der Waals surface area (Å²) in [6.45, 7) is 3.87. The van der Waals surface area contributed by atoms with Crippen molar-refractivity contribution in [1.29, 1.82) is 0 Å². The molecule has 2 heterocycles. The zero-order valence-electron chi connectivity index (χ0n) is 12.7. The molecule has 0 aliphatic carbocycles. The molecule has 0 bridgehead atoms. The van der Waals surface area contributed by atoms with E-state index in [9.17, 15) is 13.2 Å². The molecular formula is C12H19N3O3S4. The predicted molar refractivity (Wildman–Crippen MR) is 91.5 cm³/mol. The van der Waals surface area contributed by atoms with Crippen LogP contribution in [0.3, 0.4) is 0 Å². The Labute approximate surface area is 143 Å². The molecule has 0 saturated carbocycles. The fourth-order valence-corrected chi connectivity index (χ4v) is 7.11. The van der Waals surface area contributed by atoms with Gasteiger partial charge in [-0.15, -0.1) is 10.2 Å². The van der Waals surface area contributed by atoms with Gasteiger partial charge >= 0.3 is 0 Å². The third kappa shape index (κ3) is 4.59. The van der Waals surface area contributed by atoms with Gasteiger partial charge in [-0.2, -0.15) is 0 Å². The highest BCUT2D eigenvalue weighted by molar-refractivity contribution is 8.03. The van der Waals surface area contributed by atoms with Crippen LogP contribution in [0.4, 0.5) is 0 Å². The molecule has 124 valence electrons. The highest BCUT2D eigenvalue weighted by Gasteiger charge is 2.34. The van der Waals surface area contributed by atoms with Crippen LogP contribution >= 0.6 is 34.9 Å². The van der Waals surface area contributed by atoms with Crippen LogP contribution < -0.4 is 0 Å². The van der Waals surface area contributed by atoms with E-state index in [2.05, 4.69) is 17.1 Å². The number of hydrogen-bond donors (Lipinski definition) is 0. The average molecular weight is 382 g/mol. The summed E-state index contributed by atoms with van der Waals surface area (Å²) in [6.07, 6.45) is 0.526. The van der Waals surface area contributed by atoms with Gasteiger partial charge in [0.25, 0.3) is 0 Å². The molecule has 0 radical (unpaired) electrons. The first-order valence-corrected chi connectivity index (χ1v) is 11.4. The molecule has 6 nitrogen and oxygen atoms in total. The van der Waals surface area contributed by atoms with E-state index in [1.165, 1.54) is 23.1 Å². The molecule has 0 aromatic carbocycles. The van der Waals surface area contributed by atoms with Crippen LogP contribution in [0.25, 0.3) is 0 Å². The summed E-state index contributed by atoms with van der Waals surface area (Å²) in [5, 5.41) is 7.84. The first kappa shape index (κ1) is 18.0. The minimum absolute atomic E-state index is 0.0630.